The molecular formula is C17H22O. The highest BCUT2D eigenvalue weighted by molar-refractivity contribution is 5.30. The molecule has 0 saturated carbocycles. The topological polar surface area (TPSA) is 9.23 Å². The Bertz CT molecular complexity index is 423. The van der Waals surface area contributed by atoms with Gasteiger partial charge in [-0.05, 0) is 49.1 Å². The summed E-state index contributed by atoms with van der Waals surface area (Å²) in [5, 5.41) is 0. The smallest absolute Gasteiger partial charge is 0.127 e. The highest BCUT2D eigenvalue weighted by Crippen LogP contribution is 2.17. The third-order valence-corrected chi connectivity index (χ3v) is 2.70. The average Bonchev–Trinajstić information content (AvgIpc) is 2.39. The highest BCUT2D eigenvalue weighted by atomic mass is 16.5. The molecule has 0 spiro atoms. The maximum atomic E-state index is 5.85. The largest absolute Gasteiger partial charge is 0.458 e. The van der Waals surface area contributed by atoms with Crippen molar-refractivity contribution in [1.82, 2.24) is 0 Å². The van der Waals surface area contributed by atoms with Crippen LogP contribution in [0.2, 0.25) is 0 Å². The molecule has 96 valence electrons. The van der Waals surface area contributed by atoms with Crippen LogP contribution in [0.15, 0.2) is 60.9 Å². The molecule has 18 heavy (non-hydrogen) atoms. The van der Waals surface area contributed by atoms with Gasteiger partial charge in [0.2, 0.25) is 0 Å². The second-order valence-electron chi connectivity index (χ2n) is 4.26. The molecule has 1 atom stereocenters. The Kier molecular flexibility index (Phi) is 5.99. The lowest BCUT2D eigenvalue weighted by molar-refractivity contribution is 0.439. The van der Waals surface area contributed by atoms with E-state index in [4.69, 9.17) is 4.74 Å². The molecule has 1 aromatic carbocycles. The number of ether oxygens (including phenoxy) is 1. The molecule has 1 heteroatoms. The Morgan fingerprint density at radius 1 is 1.33 bits per heavy atom. The van der Waals surface area contributed by atoms with Crippen molar-refractivity contribution < 1.29 is 4.74 Å². The monoisotopic (exact) mass is 242 g/mol. The van der Waals surface area contributed by atoms with Gasteiger partial charge in [-0.25, -0.2) is 0 Å². The van der Waals surface area contributed by atoms with Crippen LogP contribution in [0.25, 0.3) is 0 Å². The number of hydrogen-bond acceptors (Lipinski definition) is 1. The molecule has 0 aromatic heterocycles. The molecular weight excluding hydrogens is 220 g/mol. The quantitative estimate of drug-likeness (QED) is 0.391. The van der Waals surface area contributed by atoms with Crippen LogP contribution < -0.4 is 4.74 Å². The van der Waals surface area contributed by atoms with Crippen molar-refractivity contribution in [2.75, 3.05) is 0 Å². The standard InChI is InChI=1S/C17H22O/c1-5-8-17(13-14(4)6-2)18-16-11-9-15(7-3)10-12-16/h5-6,8-14H,2,7H2,1,3-4H3/b8-5-,17-13+. The molecule has 0 bridgehead atoms. The lowest BCUT2D eigenvalue weighted by atomic mass is 10.1. The molecule has 1 unspecified atom stereocenters. The zero-order valence-electron chi connectivity index (χ0n) is 11.5. The van der Waals surface area contributed by atoms with Gasteiger partial charge in [-0.3, -0.25) is 0 Å². The van der Waals surface area contributed by atoms with Crippen molar-refractivity contribution >= 4 is 0 Å². The van der Waals surface area contributed by atoms with Crippen molar-refractivity contribution in [3.05, 3.63) is 66.5 Å². The van der Waals surface area contributed by atoms with Crippen LogP contribution in [-0.4, -0.2) is 0 Å². The van der Waals surface area contributed by atoms with Gasteiger partial charge in [-0.1, -0.05) is 38.1 Å². The van der Waals surface area contributed by atoms with Gasteiger partial charge in [-0.15, -0.1) is 6.58 Å². The predicted molar refractivity (Wildman–Crippen MR) is 78.7 cm³/mol. The van der Waals surface area contributed by atoms with Crippen LogP contribution in [0.3, 0.4) is 0 Å². The Morgan fingerprint density at radius 2 is 2.00 bits per heavy atom. The van der Waals surface area contributed by atoms with Crippen molar-refractivity contribution in [2.45, 2.75) is 27.2 Å². The zero-order chi connectivity index (χ0) is 13.4. The van der Waals surface area contributed by atoms with Gasteiger partial charge >= 0.3 is 0 Å². The van der Waals surface area contributed by atoms with Crippen LogP contribution in [0, 0.1) is 5.92 Å². The Balaban J connectivity index is 2.82. The third kappa shape index (κ3) is 4.62. The number of aryl methyl sites for hydroxylation is 1. The maximum absolute atomic E-state index is 5.85. The average molecular weight is 242 g/mol. The van der Waals surface area contributed by atoms with Crippen LogP contribution in [-0.2, 0) is 6.42 Å². The minimum absolute atomic E-state index is 0.297. The summed E-state index contributed by atoms with van der Waals surface area (Å²) in [5.74, 6) is 2.02. The fourth-order valence-corrected chi connectivity index (χ4v) is 1.54. The van der Waals surface area contributed by atoms with E-state index in [0.29, 0.717) is 5.92 Å². The van der Waals surface area contributed by atoms with Crippen LogP contribution in [0.4, 0.5) is 0 Å². The van der Waals surface area contributed by atoms with Gasteiger partial charge in [0, 0.05) is 0 Å². The zero-order valence-corrected chi connectivity index (χ0v) is 11.5. The Hall–Kier alpha value is -1.76. The van der Waals surface area contributed by atoms with Crippen LogP contribution in [0.5, 0.6) is 5.75 Å². The van der Waals surface area contributed by atoms with Gasteiger partial charge in [0.15, 0.2) is 0 Å². The van der Waals surface area contributed by atoms with E-state index in [1.54, 1.807) is 0 Å². The molecule has 0 N–H and O–H groups in total. The third-order valence-electron chi connectivity index (χ3n) is 2.70. The number of hydrogen-bond donors (Lipinski definition) is 0. The summed E-state index contributed by atoms with van der Waals surface area (Å²) in [6.07, 6.45) is 8.94. The predicted octanol–water partition coefficient (Wildman–Crippen LogP) is 4.91. The normalized spacial score (nSPS) is 13.6. The second kappa shape index (κ2) is 7.54. The lowest BCUT2D eigenvalue weighted by Gasteiger charge is -2.09. The van der Waals surface area contributed by atoms with Gasteiger partial charge in [0.1, 0.15) is 11.5 Å². The second-order valence-corrected chi connectivity index (χ2v) is 4.26. The summed E-state index contributed by atoms with van der Waals surface area (Å²) >= 11 is 0. The van der Waals surface area contributed by atoms with Gasteiger partial charge in [-0.2, -0.15) is 0 Å². The maximum Gasteiger partial charge on any atom is 0.127 e. The first kappa shape index (κ1) is 14.3. The van der Waals surface area contributed by atoms with E-state index in [-0.39, 0.29) is 0 Å². The highest BCUT2D eigenvalue weighted by Gasteiger charge is 2.00. The van der Waals surface area contributed by atoms with E-state index in [0.717, 1.165) is 17.9 Å². The molecule has 1 nitrogen and oxygen atoms in total. The number of rotatable bonds is 6. The van der Waals surface area contributed by atoms with Crippen LogP contribution in [0.1, 0.15) is 26.3 Å². The molecule has 0 saturated heterocycles. The summed E-state index contributed by atoms with van der Waals surface area (Å²) in [6, 6.07) is 8.21. The summed E-state index contributed by atoms with van der Waals surface area (Å²) in [5.41, 5.74) is 1.32. The van der Waals surface area contributed by atoms with E-state index >= 15 is 0 Å². The summed E-state index contributed by atoms with van der Waals surface area (Å²) in [6.45, 7) is 9.99. The van der Waals surface area contributed by atoms with Crippen molar-refractivity contribution in [1.29, 1.82) is 0 Å². The first-order chi connectivity index (χ1) is 8.69. The fourth-order valence-electron chi connectivity index (χ4n) is 1.54. The SMILES string of the molecule is C=CC(C)/C=C(\C=C/C)Oc1ccc(CC)cc1. The van der Waals surface area contributed by atoms with Gasteiger partial charge in [0.25, 0.3) is 0 Å². The Labute approximate surface area is 110 Å². The minimum Gasteiger partial charge on any atom is -0.458 e. The number of allylic oxidation sites excluding steroid dienone is 4. The molecule has 0 amide bonds. The van der Waals surface area contributed by atoms with E-state index < -0.39 is 0 Å². The molecule has 0 aliphatic carbocycles. The molecule has 0 heterocycles. The molecule has 0 radical (unpaired) electrons. The number of benzene rings is 1. The van der Waals surface area contributed by atoms with Gasteiger partial charge in [0.05, 0.1) is 0 Å². The van der Waals surface area contributed by atoms with Gasteiger partial charge < -0.3 is 4.74 Å². The van der Waals surface area contributed by atoms with E-state index in [1.165, 1.54) is 5.56 Å². The molecule has 0 aliphatic heterocycles. The Morgan fingerprint density at radius 3 is 2.50 bits per heavy atom. The fraction of sp³-hybridized carbons (Fsp3) is 0.294. The minimum atomic E-state index is 0.297. The van der Waals surface area contributed by atoms with E-state index in [2.05, 4.69) is 38.6 Å². The molecule has 0 fully saturated rings. The summed E-state index contributed by atoms with van der Waals surface area (Å²) in [4.78, 5) is 0. The molecule has 0 aliphatic rings. The first-order valence-electron chi connectivity index (χ1n) is 6.43. The first-order valence-corrected chi connectivity index (χ1v) is 6.43. The molecule has 1 rings (SSSR count). The van der Waals surface area contributed by atoms with Crippen molar-refractivity contribution in [2.24, 2.45) is 5.92 Å². The van der Waals surface area contributed by atoms with Crippen LogP contribution >= 0.6 is 0 Å². The van der Waals surface area contributed by atoms with Crippen molar-refractivity contribution in [3.63, 3.8) is 0 Å². The van der Waals surface area contributed by atoms with Crippen molar-refractivity contribution in [3.8, 4) is 5.75 Å². The van der Waals surface area contributed by atoms with E-state index in [1.807, 2.05) is 37.3 Å². The molecule has 1 aromatic rings. The summed E-state index contributed by atoms with van der Waals surface area (Å²) < 4.78 is 5.85. The van der Waals surface area contributed by atoms with E-state index in [9.17, 15) is 0 Å². The summed E-state index contributed by atoms with van der Waals surface area (Å²) in [7, 11) is 0. The lowest BCUT2D eigenvalue weighted by Crippen LogP contribution is -1.95.